The van der Waals surface area contributed by atoms with Gasteiger partial charge in [-0.2, -0.15) is 0 Å². The minimum Gasteiger partial charge on any atom is -0.495 e. The number of benzene rings is 1. The lowest BCUT2D eigenvalue weighted by Gasteiger charge is -2.28. The molecule has 0 aromatic heterocycles. The summed E-state index contributed by atoms with van der Waals surface area (Å²) in [6, 6.07) is 3.20. The van der Waals surface area contributed by atoms with Crippen LogP contribution in [0.2, 0.25) is 0 Å². The van der Waals surface area contributed by atoms with Crippen molar-refractivity contribution in [1.29, 1.82) is 0 Å². The largest absolute Gasteiger partial charge is 0.495 e. The Kier molecular flexibility index (Phi) is 6.00. The highest BCUT2D eigenvalue weighted by atomic mass is 16.6. The molecule has 0 atom stereocenters. The second kappa shape index (κ2) is 8.46. The molecule has 1 heterocycles. The maximum Gasteiger partial charge on any atom is 0.325 e. The summed E-state index contributed by atoms with van der Waals surface area (Å²) in [6.45, 7) is -0.474. The Bertz CT molecular complexity index is 832. The molecule has 1 aliphatic heterocycles. The van der Waals surface area contributed by atoms with Gasteiger partial charge in [0.1, 0.15) is 17.8 Å². The number of methoxy groups -OCH3 is 1. The zero-order chi connectivity index (χ0) is 21.0. The molecule has 1 saturated heterocycles. The fourth-order valence-electron chi connectivity index (χ4n) is 3.91. The Hall–Kier alpha value is -3.17. The van der Waals surface area contributed by atoms with E-state index in [4.69, 9.17) is 4.74 Å². The van der Waals surface area contributed by atoms with Gasteiger partial charge in [-0.1, -0.05) is 32.1 Å². The Balaban J connectivity index is 1.72. The fraction of sp³-hybridized carbons (Fsp3) is 0.526. The molecule has 0 radical (unpaired) electrons. The number of non-ortho nitro benzene ring substituents is 1. The van der Waals surface area contributed by atoms with Gasteiger partial charge in [-0.05, 0) is 18.9 Å². The summed E-state index contributed by atoms with van der Waals surface area (Å²) in [4.78, 5) is 49.2. The number of nitrogens with zero attached hydrogens (tertiary/aromatic N) is 2. The van der Waals surface area contributed by atoms with Gasteiger partial charge in [0.2, 0.25) is 5.91 Å². The third kappa shape index (κ3) is 4.30. The van der Waals surface area contributed by atoms with Gasteiger partial charge in [0.15, 0.2) is 0 Å². The lowest BCUT2D eigenvalue weighted by Crippen LogP contribution is -2.47. The molecule has 10 heteroatoms. The number of carbonyl (C=O) groups excluding carboxylic acids is 3. The molecule has 1 saturated carbocycles. The van der Waals surface area contributed by atoms with Gasteiger partial charge in [0.05, 0.1) is 17.7 Å². The molecule has 0 unspecified atom stereocenters. The number of nitro benzene ring substituents is 1. The van der Waals surface area contributed by atoms with Crippen LogP contribution in [0.3, 0.4) is 0 Å². The highest BCUT2D eigenvalue weighted by Crippen LogP contribution is 2.32. The monoisotopic (exact) mass is 404 g/mol. The average molecular weight is 404 g/mol. The Morgan fingerprint density at radius 3 is 2.52 bits per heavy atom. The number of nitrogens with one attached hydrogen (secondary N) is 2. The third-order valence-electron chi connectivity index (χ3n) is 5.42. The zero-order valence-electron chi connectivity index (χ0n) is 16.2. The number of rotatable bonds is 5. The third-order valence-corrected chi connectivity index (χ3v) is 5.42. The van der Waals surface area contributed by atoms with Crippen LogP contribution in [-0.2, 0) is 9.59 Å². The molecule has 2 fully saturated rings. The van der Waals surface area contributed by atoms with Gasteiger partial charge in [0.25, 0.3) is 11.6 Å². The van der Waals surface area contributed by atoms with E-state index in [1.165, 1.54) is 25.3 Å². The van der Waals surface area contributed by atoms with E-state index in [-0.39, 0.29) is 23.0 Å². The molecule has 2 N–H and O–H groups in total. The van der Waals surface area contributed by atoms with Crippen LogP contribution in [0, 0.1) is 10.1 Å². The summed E-state index contributed by atoms with van der Waals surface area (Å²) in [7, 11) is 1.37. The van der Waals surface area contributed by atoms with Crippen molar-refractivity contribution in [3.05, 3.63) is 28.3 Å². The predicted octanol–water partition coefficient (Wildman–Crippen LogP) is 2.58. The molecule has 29 heavy (non-hydrogen) atoms. The van der Waals surface area contributed by atoms with Crippen LogP contribution in [0.25, 0.3) is 0 Å². The van der Waals surface area contributed by atoms with E-state index in [1.54, 1.807) is 0 Å². The normalized spacial score (nSPS) is 18.7. The standard InChI is InChI=1S/C19H24N4O6/c1-29-15-8-7-13(23(27)28)11-14(15)20-16(24)12-22-17(25)19(21-18(22)26)9-5-3-2-4-6-10-19/h7-8,11H,2-6,9-10,12H2,1H3,(H,20,24)(H,21,26). The molecule has 3 rings (SSSR count). The minimum atomic E-state index is -0.930. The quantitative estimate of drug-likeness (QED) is 0.441. The van der Waals surface area contributed by atoms with E-state index in [9.17, 15) is 24.5 Å². The first-order valence-electron chi connectivity index (χ1n) is 9.63. The van der Waals surface area contributed by atoms with Gasteiger partial charge in [0, 0.05) is 12.1 Å². The van der Waals surface area contributed by atoms with Crippen LogP contribution in [-0.4, -0.2) is 46.9 Å². The molecule has 1 aliphatic carbocycles. The molecule has 2 aliphatic rings. The van der Waals surface area contributed by atoms with Crippen molar-refractivity contribution >= 4 is 29.2 Å². The molecule has 156 valence electrons. The number of hydrogen-bond acceptors (Lipinski definition) is 6. The molecule has 10 nitrogen and oxygen atoms in total. The average Bonchev–Trinajstić information content (AvgIpc) is 2.89. The van der Waals surface area contributed by atoms with E-state index in [2.05, 4.69) is 10.6 Å². The van der Waals surface area contributed by atoms with Crippen molar-refractivity contribution in [2.75, 3.05) is 19.0 Å². The van der Waals surface area contributed by atoms with Gasteiger partial charge >= 0.3 is 6.03 Å². The summed E-state index contributed by atoms with van der Waals surface area (Å²) < 4.78 is 5.11. The van der Waals surface area contributed by atoms with Crippen LogP contribution >= 0.6 is 0 Å². The second-order valence-electron chi connectivity index (χ2n) is 7.36. The van der Waals surface area contributed by atoms with E-state index in [0.717, 1.165) is 37.0 Å². The summed E-state index contributed by atoms with van der Waals surface area (Å²) in [6.07, 6.45) is 5.96. The van der Waals surface area contributed by atoms with Crippen molar-refractivity contribution in [3.63, 3.8) is 0 Å². The zero-order valence-corrected chi connectivity index (χ0v) is 16.2. The highest BCUT2D eigenvalue weighted by Gasteiger charge is 2.50. The Morgan fingerprint density at radius 2 is 1.90 bits per heavy atom. The first-order valence-corrected chi connectivity index (χ1v) is 9.63. The number of carbonyl (C=O) groups is 3. The van der Waals surface area contributed by atoms with Gasteiger partial charge in [-0.25, -0.2) is 4.79 Å². The lowest BCUT2D eigenvalue weighted by molar-refractivity contribution is -0.384. The van der Waals surface area contributed by atoms with E-state index in [0.29, 0.717) is 12.8 Å². The molecule has 0 bridgehead atoms. The lowest BCUT2D eigenvalue weighted by atomic mass is 9.84. The molecule has 1 aromatic rings. The Morgan fingerprint density at radius 1 is 1.24 bits per heavy atom. The van der Waals surface area contributed by atoms with Gasteiger partial charge < -0.3 is 15.4 Å². The maximum absolute atomic E-state index is 13.0. The number of imide groups is 1. The van der Waals surface area contributed by atoms with Crippen molar-refractivity contribution in [2.24, 2.45) is 0 Å². The van der Waals surface area contributed by atoms with Crippen LogP contribution in [0.4, 0.5) is 16.2 Å². The van der Waals surface area contributed by atoms with Crippen molar-refractivity contribution in [3.8, 4) is 5.75 Å². The number of hydrogen-bond donors (Lipinski definition) is 2. The summed E-state index contributed by atoms with van der Waals surface area (Å²) in [5.74, 6) is -0.793. The smallest absolute Gasteiger partial charge is 0.325 e. The van der Waals surface area contributed by atoms with Crippen LogP contribution in [0.5, 0.6) is 5.75 Å². The van der Waals surface area contributed by atoms with E-state index < -0.39 is 28.9 Å². The topological polar surface area (TPSA) is 131 Å². The number of nitro groups is 1. The summed E-state index contributed by atoms with van der Waals surface area (Å²) >= 11 is 0. The van der Waals surface area contributed by atoms with E-state index >= 15 is 0 Å². The SMILES string of the molecule is COc1ccc([N+](=O)[O-])cc1NC(=O)CN1C(=O)NC2(CCCCCCC2)C1=O. The fourth-order valence-corrected chi connectivity index (χ4v) is 3.91. The first kappa shape index (κ1) is 20.6. The second-order valence-corrected chi connectivity index (χ2v) is 7.36. The molecule has 1 aromatic carbocycles. The minimum absolute atomic E-state index is 0.0967. The van der Waals surface area contributed by atoms with Gasteiger partial charge in [-0.15, -0.1) is 0 Å². The van der Waals surface area contributed by atoms with Crippen LogP contribution < -0.4 is 15.4 Å². The van der Waals surface area contributed by atoms with Crippen LogP contribution in [0.15, 0.2) is 18.2 Å². The molecular formula is C19H24N4O6. The van der Waals surface area contributed by atoms with Crippen LogP contribution in [0.1, 0.15) is 44.9 Å². The number of amides is 4. The van der Waals surface area contributed by atoms with Crippen molar-refractivity contribution < 1.29 is 24.0 Å². The highest BCUT2D eigenvalue weighted by molar-refractivity contribution is 6.10. The molecular weight excluding hydrogens is 380 g/mol. The van der Waals surface area contributed by atoms with E-state index in [1.807, 2.05) is 0 Å². The van der Waals surface area contributed by atoms with Crippen molar-refractivity contribution in [2.45, 2.75) is 50.5 Å². The molecule has 1 spiro atoms. The summed E-state index contributed by atoms with van der Waals surface area (Å²) in [5, 5.41) is 16.3. The van der Waals surface area contributed by atoms with Crippen molar-refractivity contribution in [1.82, 2.24) is 10.2 Å². The van der Waals surface area contributed by atoms with Gasteiger partial charge in [-0.3, -0.25) is 24.6 Å². The molecule has 4 amide bonds. The number of ether oxygens (including phenoxy) is 1. The first-order chi connectivity index (χ1) is 13.9. The maximum atomic E-state index is 13.0. The predicted molar refractivity (Wildman–Crippen MR) is 104 cm³/mol. The number of anilines is 1. The number of urea groups is 1. The summed E-state index contributed by atoms with van der Waals surface area (Å²) in [5.41, 5.74) is -1.05. The Labute approximate surface area is 167 Å².